The highest BCUT2D eigenvalue weighted by Gasteiger charge is 1.99. The number of rotatable bonds is 6. The fourth-order valence-corrected chi connectivity index (χ4v) is 1.90. The van der Waals surface area contributed by atoms with Gasteiger partial charge in [-0.15, -0.1) is 0 Å². The molecule has 2 rings (SSSR count). The third-order valence-electron chi connectivity index (χ3n) is 3.00. The van der Waals surface area contributed by atoms with E-state index < -0.39 is 0 Å². The van der Waals surface area contributed by atoms with Crippen LogP contribution in [0.1, 0.15) is 11.1 Å². The van der Waals surface area contributed by atoms with Crippen LogP contribution in [0.5, 0.6) is 11.5 Å². The van der Waals surface area contributed by atoms with E-state index in [9.17, 15) is 10.2 Å². The van der Waals surface area contributed by atoms with Gasteiger partial charge in [-0.1, -0.05) is 48.6 Å². The molecule has 0 saturated carbocycles. The summed E-state index contributed by atoms with van der Waals surface area (Å²) in [7, 11) is 0. The molecule has 3 heteroatoms. The first-order valence-electron chi connectivity index (χ1n) is 6.69. The van der Waals surface area contributed by atoms with Gasteiger partial charge in [-0.05, 0) is 36.2 Å². The quantitative estimate of drug-likeness (QED) is 0.558. The second-order valence-electron chi connectivity index (χ2n) is 4.59. The lowest BCUT2D eigenvalue weighted by atomic mass is 10.1. The van der Waals surface area contributed by atoms with E-state index in [2.05, 4.69) is 29.6 Å². The first-order chi connectivity index (χ1) is 9.75. The van der Waals surface area contributed by atoms with Gasteiger partial charge in [0.25, 0.3) is 0 Å². The van der Waals surface area contributed by atoms with Gasteiger partial charge in [0, 0.05) is 6.54 Å². The van der Waals surface area contributed by atoms with Gasteiger partial charge in [0.1, 0.15) is 0 Å². The van der Waals surface area contributed by atoms with Crippen LogP contribution in [-0.2, 0) is 6.42 Å². The third-order valence-corrected chi connectivity index (χ3v) is 3.00. The minimum atomic E-state index is -0.0764. The van der Waals surface area contributed by atoms with Crippen LogP contribution in [0.2, 0.25) is 0 Å². The summed E-state index contributed by atoms with van der Waals surface area (Å²) in [6.07, 6.45) is 4.98. The number of benzene rings is 2. The maximum absolute atomic E-state index is 9.39. The highest BCUT2D eigenvalue weighted by molar-refractivity contribution is 5.48. The van der Waals surface area contributed by atoms with Crippen LogP contribution in [0.4, 0.5) is 0 Å². The zero-order chi connectivity index (χ0) is 14.2. The summed E-state index contributed by atoms with van der Waals surface area (Å²) in [5.74, 6) is -0.140. The Hall–Kier alpha value is -2.26. The summed E-state index contributed by atoms with van der Waals surface area (Å²) >= 11 is 0. The lowest BCUT2D eigenvalue weighted by molar-refractivity contribution is 0.403. The zero-order valence-electron chi connectivity index (χ0n) is 11.3. The number of hydrogen-bond acceptors (Lipinski definition) is 3. The topological polar surface area (TPSA) is 52.5 Å². The van der Waals surface area contributed by atoms with Crippen molar-refractivity contribution in [1.29, 1.82) is 0 Å². The second kappa shape index (κ2) is 7.36. The van der Waals surface area contributed by atoms with Gasteiger partial charge in [-0.25, -0.2) is 0 Å². The molecule has 0 aromatic heterocycles. The summed E-state index contributed by atoms with van der Waals surface area (Å²) < 4.78 is 0. The molecule has 3 nitrogen and oxygen atoms in total. The summed E-state index contributed by atoms with van der Waals surface area (Å²) in [6, 6.07) is 15.1. The summed E-state index contributed by atoms with van der Waals surface area (Å²) in [5.41, 5.74) is 2.19. The standard InChI is InChI=1S/C17H19NO2/c19-16-9-8-15(13-17(16)20)10-12-18-11-4-7-14-5-2-1-3-6-14/h1-9,13,18-20H,10-12H2. The Balaban J connectivity index is 1.69. The van der Waals surface area contributed by atoms with Crippen LogP contribution in [0.25, 0.3) is 6.08 Å². The zero-order valence-corrected chi connectivity index (χ0v) is 11.3. The van der Waals surface area contributed by atoms with Crippen LogP contribution in [-0.4, -0.2) is 23.3 Å². The maximum Gasteiger partial charge on any atom is 0.157 e. The van der Waals surface area contributed by atoms with Crippen LogP contribution in [0.15, 0.2) is 54.6 Å². The first kappa shape index (κ1) is 14.2. The summed E-state index contributed by atoms with van der Waals surface area (Å²) in [4.78, 5) is 0. The predicted molar refractivity (Wildman–Crippen MR) is 81.8 cm³/mol. The molecule has 2 aromatic carbocycles. The molecule has 0 radical (unpaired) electrons. The Morgan fingerprint density at radius 2 is 1.75 bits per heavy atom. The SMILES string of the molecule is Oc1ccc(CCNCC=Cc2ccccc2)cc1O. The van der Waals surface area contributed by atoms with E-state index >= 15 is 0 Å². The van der Waals surface area contributed by atoms with E-state index in [4.69, 9.17) is 0 Å². The Labute approximate surface area is 119 Å². The van der Waals surface area contributed by atoms with E-state index in [0.717, 1.165) is 25.1 Å². The molecule has 0 aliphatic heterocycles. The fourth-order valence-electron chi connectivity index (χ4n) is 1.90. The lowest BCUT2D eigenvalue weighted by Crippen LogP contribution is -2.16. The highest BCUT2D eigenvalue weighted by atomic mass is 16.3. The molecule has 0 unspecified atom stereocenters. The Morgan fingerprint density at radius 1 is 0.950 bits per heavy atom. The molecule has 3 N–H and O–H groups in total. The molecular formula is C17H19NO2. The molecule has 0 fully saturated rings. The van der Waals surface area contributed by atoms with Crippen molar-refractivity contribution >= 4 is 6.08 Å². The number of nitrogens with one attached hydrogen (secondary N) is 1. The maximum atomic E-state index is 9.39. The average Bonchev–Trinajstić information content (AvgIpc) is 2.47. The Kier molecular flexibility index (Phi) is 5.21. The van der Waals surface area contributed by atoms with Gasteiger partial charge < -0.3 is 15.5 Å². The van der Waals surface area contributed by atoms with Crippen molar-refractivity contribution in [3.05, 3.63) is 65.7 Å². The number of phenolic OH excluding ortho intramolecular Hbond substituents is 2. The van der Waals surface area contributed by atoms with Gasteiger partial charge in [0.05, 0.1) is 0 Å². The van der Waals surface area contributed by atoms with Gasteiger partial charge in [0.2, 0.25) is 0 Å². The minimum Gasteiger partial charge on any atom is -0.504 e. The molecule has 104 valence electrons. The Morgan fingerprint density at radius 3 is 2.50 bits per heavy atom. The van der Waals surface area contributed by atoms with Crippen molar-refractivity contribution < 1.29 is 10.2 Å². The third kappa shape index (κ3) is 4.44. The normalized spacial score (nSPS) is 11.0. The molecule has 0 spiro atoms. The molecule has 0 aliphatic carbocycles. The molecular weight excluding hydrogens is 250 g/mol. The lowest BCUT2D eigenvalue weighted by Gasteiger charge is -2.04. The molecule has 0 bridgehead atoms. The Bertz CT molecular complexity index is 564. The predicted octanol–water partition coefficient (Wildman–Crippen LogP) is 2.94. The average molecular weight is 269 g/mol. The van der Waals surface area contributed by atoms with Gasteiger partial charge in [-0.2, -0.15) is 0 Å². The van der Waals surface area contributed by atoms with E-state index in [-0.39, 0.29) is 11.5 Å². The van der Waals surface area contributed by atoms with E-state index in [0.29, 0.717) is 0 Å². The van der Waals surface area contributed by atoms with Gasteiger partial charge in [-0.3, -0.25) is 0 Å². The smallest absolute Gasteiger partial charge is 0.157 e. The van der Waals surface area contributed by atoms with E-state index in [1.807, 2.05) is 24.3 Å². The van der Waals surface area contributed by atoms with Crippen molar-refractivity contribution in [1.82, 2.24) is 5.32 Å². The fraction of sp³-hybridized carbons (Fsp3) is 0.176. The molecule has 0 aliphatic rings. The molecule has 2 aromatic rings. The minimum absolute atomic E-state index is 0.0635. The van der Waals surface area contributed by atoms with Crippen LogP contribution in [0.3, 0.4) is 0 Å². The van der Waals surface area contributed by atoms with Crippen molar-refractivity contribution in [2.45, 2.75) is 6.42 Å². The summed E-state index contributed by atoms with van der Waals surface area (Å²) in [5, 5.41) is 21.9. The molecule has 20 heavy (non-hydrogen) atoms. The first-order valence-corrected chi connectivity index (χ1v) is 6.69. The van der Waals surface area contributed by atoms with Gasteiger partial charge in [0.15, 0.2) is 11.5 Å². The summed E-state index contributed by atoms with van der Waals surface area (Å²) in [6.45, 7) is 1.63. The van der Waals surface area contributed by atoms with Crippen molar-refractivity contribution in [2.75, 3.05) is 13.1 Å². The number of hydrogen-bond donors (Lipinski definition) is 3. The second-order valence-corrected chi connectivity index (χ2v) is 4.59. The van der Waals surface area contributed by atoms with Crippen molar-refractivity contribution in [2.24, 2.45) is 0 Å². The van der Waals surface area contributed by atoms with Crippen molar-refractivity contribution in [3.8, 4) is 11.5 Å². The number of phenols is 2. The number of aromatic hydroxyl groups is 2. The molecule has 0 heterocycles. The van der Waals surface area contributed by atoms with Crippen LogP contribution < -0.4 is 5.32 Å². The van der Waals surface area contributed by atoms with E-state index in [1.54, 1.807) is 6.07 Å². The van der Waals surface area contributed by atoms with Crippen LogP contribution >= 0.6 is 0 Å². The molecule has 0 amide bonds. The highest BCUT2D eigenvalue weighted by Crippen LogP contribution is 2.24. The van der Waals surface area contributed by atoms with Gasteiger partial charge >= 0.3 is 0 Å². The molecule has 0 saturated heterocycles. The van der Waals surface area contributed by atoms with Crippen molar-refractivity contribution in [3.63, 3.8) is 0 Å². The largest absolute Gasteiger partial charge is 0.504 e. The monoisotopic (exact) mass is 269 g/mol. The van der Waals surface area contributed by atoms with Crippen LogP contribution in [0, 0.1) is 0 Å². The molecule has 0 atom stereocenters. The van der Waals surface area contributed by atoms with E-state index in [1.165, 1.54) is 11.6 Å².